The van der Waals surface area contributed by atoms with Crippen LogP contribution in [0, 0.1) is 52.3 Å². The van der Waals surface area contributed by atoms with Crippen molar-refractivity contribution < 1.29 is 24.2 Å². The lowest BCUT2D eigenvalue weighted by molar-refractivity contribution is -0.167. The molecule has 0 radical (unpaired) electrons. The molecule has 0 spiro atoms. The van der Waals surface area contributed by atoms with Crippen LogP contribution in [0.4, 0.5) is 0 Å². The topological polar surface area (TPSA) is 107 Å². The number of nitrogens with two attached hydrogens (primary N) is 1. The second kappa shape index (κ2) is 12.7. The van der Waals surface area contributed by atoms with E-state index in [2.05, 4.69) is 13.8 Å². The first-order valence-electron chi connectivity index (χ1n) is 17.1. The summed E-state index contributed by atoms with van der Waals surface area (Å²) in [6.45, 7) is 10.7. The van der Waals surface area contributed by atoms with E-state index in [0.29, 0.717) is 35.9 Å². The first-order chi connectivity index (χ1) is 20.4. The van der Waals surface area contributed by atoms with Gasteiger partial charge in [0.15, 0.2) is 5.78 Å². The maximum atomic E-state index is 13.7. The van der Waals surface area contributed by atoms with Crippen LogP contribution >= 0.6 is 0 Å². The van der Waals surface area contributed by atoms with E-state index in [-0.39, 0.29) is 52.7 Å². The molecule has 0 aliphatic heterocycles. The highest BCUT2D eigenvalue weighted by molar-refractivity contribution is 5.88. The van der Waals surface area contributed by atoms with Gasteiger partial charge in [0.25, 0.3) is 0 Å². The minimum absolute atomic E-state index is 0.0548. The van der Waals surface area contributed by atoms with E-state index in [1.165, 1.54) is 25.7 Å². The van der Waals surface area contributed by atoms with Crippen molar-refractivity contribution in [2.75, 3.05) is 0 Å². The van der Waals surface area contributed by atoms with Crippen molar-refractivity contribution in [3.05, 3.63) is 29.8 Å². The molecule has 1 aromatic rings. The molecule has 0 bridgehead atoms. The number of esters is 1. The lowest BCUT2D eigenvalue weighted by atomic mass is 9.44. The molecule has 4 aliphatic carbocycles. The van der Waals surface area contributed by atoms with Crippen molar-refractivity contribution in [3.8, 4) is 5.75 Å². The molecule has 0 saturated heterocycles. The maximum absolute atomic E-state index is 13.7. The van der Waals surface area contributed by atoms with Gasteiger partial charge in [0.2, 0.25) is 0 Å². The number of carbonyl (C=O) groups is 3. The van der Waals surface area contributed by atoms with E-state index in [1.54, 1.807) is 31.2 Å². The summed E-state index contributed by atoms with van der Waals surface area (Å²) in [5.74, 6) is 2.46. The third-order valence-corrected chi connectivity index (χ3v) is 13.2. The smallest absolute Gasteiger partial charge is 0.309 e. The molecule has 43 heavy (non-hydrogen) atoms. The zero-order chi connectivity index (χ0) is 31.1. The average Bonchev–Trinajstić information content (AvgIpc) is 3.34. The molecule has 238 valence electrons. The molecular formula is C37H55NO5. The van der Waals surface area contributed by atoms with Gasteiger partial charge < -0.3 is 15.6 Å². The maximum Gasteiger partial charge on any atom is 0.309 e. The largest absolute Gasteiger partial charge is 0.508 e. The SMILES string of the molecule is CCC(C)[C@H](N)C(=O)C[C@@H](Cc1ccc(O)cc1)C(=O)O[C@@H]1CC[C@@]2(C)[C@@H](CC[C@@H]3[C@@H]2CC[C@]2(C)[C@@H](C(C)=O)CC[C@@H]32)C1. The van der Waals surface area contributed by atoms with Gasteiger partial charge in [-0.05, 0) is 129 Å². The number of benzene rings is 1. The molecular weight excluding hydrogens is 538 g/mol. The minimum Gasteiger partial charge on any atom is -0.508 e. The predicted molar refractivity (Wildman–Crippen MR) is 168 cm³/mol. The van der Waals surface area contributed by atoms with Gasteiger partial charge in [0.05, 0.1) is 12.0 Å². The second-order valence-corrected chi connectivity index (χ2v) is 15.4. The predicted octanol–water partition coefficient (Wildman–Crippen LogP) is 7.04. The summed E-state index contributed by atoms with van der Waals surface area (Å²) in [4.78, 5) is 39.3. The lowest BCUT2D eigenvalue weighted by Crippen LogP contribution is -2.54. The number of hydrogen-bond acceptors (Lipinski definition) is 6. The highest BCUT2D eigenvalue weighted by Crippen LogP contribution is 2.67. The minimum atomic E-state index is -0.594. The highest BCUT2D eigenvalue weighted by atomic mass is 16.5. The van der Waals surface area contributed by atoms with E-state index in [9.17, 15) is 19.5 Å². The summed E-state index contributed by atoms with van der Waals surface area (Å²) in [6.07, 6.45) is 11.0. The van der Waals surface area contributed by atoms with Crippen LogP contribution in [0.15, 0.2) is 24.3 Å². The number of rotatable bonds is 10. The van der Waals surface area contributed by atoms with E-state index in [4.69, 9.17) is 10.5 Å². The molecule has 11 atom stereocenters. The molecule has 5 rings (SSSR count). The van der Waals surface area contributed by atoms with Gasteiger partial charge in [-0.1, -0.05) is 46.2 Å². The van der Waals surface area contributed by atoms with Gasteiger partial charge in [0.1, 0.15) is 17.6 Å². The van der Waals surface area contributed by atoms with E-state index >= 15 is 0 Å². The van der Waals surface area contributed by atoms with Crippen LogP contribution < -0.4 is 5.73 Å². The Bertz CT molecular complexity index is 1180. The number of phenolic OH excluding ortho intramolecular Hbond substituents is 1. The van der Waals surface area contributed by atoms with Crippen LogP contribution in [0.5, 0.6) is 5.75 Å². The molecule has 0 amide bonds. The van der Waals surface area contributed by atoms with Crippen molar-refractivity contribution in [2.45, 2.75) is 124 Å². The standard InChI is InChI=1S/C37H55NO5/c1-6-22(2)34(38)33(41)20-25(19-24-7-10-27(40)11-8-24)35(42)43-28-15-17-36(4)26(21-28)9-12-29-31-14-13-30(23(3)39)37(31,5)18-16-32(29)36/h7-8,10-11,22,25-26,28-32,34,40H,6,9,12-21,38H2,1-5H3/t22?,25-,26+,28-,29+,30-,31+,32+,34+,36+,37-/m1/s1. The van der Waals surface area contributed by atoms with Gasteiger partial charge in [-0.25, -0.2) is 0 Å². The van der Waals surface area contributed by atoms with Crippen molar-refractivity contribution in [1.82, 2.24) is 0 Å². The lowest BCUT2D eigenvalue weighted by Gasteiger charge is -2.61. The van der Waals surface area contributed by atoms with E-state index in [1.807, 2.05) is 13.8 Å². The molecule has 0 heterocycles. The molecule has 3 N–H and O–H groups in total. The third kappa shape index (κ3) is 6.19. The average molecular weight is 594 g/mol. The van der Waals surface area contributed by atoms with Gasteiger partial charge in [0, 0.05) is 12.3 Å². The van der Waals surface area contributed by atoms with Crippen molar-refractivity contribution in [1.29, 1.82) is 0 Å². The summed E-state index contributed by atoms with van der Waals surface area (Å²) in [6, 6.07) is 6.24. The monoisotopic (exact) mass is 593 g/mol. The Balaban J connectivity index is 1.25. The fourth-order valence-electron chi connectivity index (χ4n) is 10.4. The van der Waals surface area contributed by atoms with Crippen LogP contribution in [0.3, 0.4) is 0 Å². The number of aromatic hydroxyl groups is 1. The van der Waals surface area contributed by atoms with Crippen LogP contribution in [0.1, 0.15) is 111 Å². The van der Waals surface area contributed by atoms with Crippen LogP contribution in [-0.4, -0.2) is 34.8 Å². The normalized spacial score (nSPS) is 37.3. The third-order valence-electron chi connectivity index (χ3n) is 13.2. The highest BCUT2D eigenvalue weighted by Gasteiger charge is 2.61. The fourth-order valence-corrected chi connectivity index (χ4v) is 10.4. The van der Waals surface area contributed by atoms with E-state index in [0.717, 1.165) is 44.1 Å². The summed E-state index contributed by atoms with van der Waals surface area (Å²) in [5, 5.41) is 9.73. The summed E-state index contributed by atoms with van der Waals surface area (Å²) >= 11 is 0. The molecule has 4 aliphatic rings. The Hall–Kier alpha value is -2.21. The Morgan fingerprint density at radius 3 is 2.33 bits per heavy atom. The zero-order valence-corrected chi connectivity index (χ0v) is 27.1. The number of Topliss-reactive ketones (excluding diaryl/α,β-unsaturated/α-hetero) is 2. The Labute approximate surface area is 258 Å². The van der Waals surface area contributed by atoms with E-state index < -0.39 is 12.0 Å². The molecule has 4 fully saturated rings. The van der Waals surface area contributed by atoms with Crippen LogP contribution in [0.25, 0.3) is 0 Å². The Morgan fingerprint density at radius 1 is 0.977 bits per heavy atom. The molecule has 0 aromatic heterocycles. The molecule has 6 nitrogen and oxygen atoms in total. The van der Waals surface area contributed by atoms with Crippen LogP contribution in [0.2, 0.25) is 0 Å². The molecule has 6 heteroatoms. The number of hydrogen-bond donors (Lipinski definition) is 2. The molecule has 4 saturated carbocycles. The number of fused-ring (bicyclic) bond motifs is 5. The number of carbonyl (C=O) groups excluding carboxylic acids is 3. The first kappa shape index (κ1) is 32.2. The number of ether oxygens (including phenoxy) is 1. The van der Waals surface area contributed by atoms with Gasteiger partial charge >= 0.3 is 5.97 Å². The summed E-state index contributed by atoms with van der Waals surface area (Å²) in [5.41, 5.74) is 7.59. The van der Waals surface area contributed by atoms with Crippen molar-refractivity contribution >= 4 is 17.5 Å². The number of ketones is 2. The van der Waals surface area contributed by atoms with Crippen LogP contribution in [-0.2, 0) is 25.5 Å². The molecule has 1 unspecified atom stereocenters. The van der Waals surface area contributed by atoms with Crippen molar-refractivity contribution in [3.63, 3.8) is 0 Å². The van der Waals surface area contributed by atoms with Gasteiger partial charge in [-0.3, -0.25) is 14.4 Å². The Morgan fingerprint density at radius 2 is 1.65 bits per heavy atom. The quantitative estimate of drug-likeness (QED) is 0.282. The Kier molecular flexibility index (Phi) is 9.47. The number of phenols is 1. The summed E-state index contributed by atoms with van der Waals surface area (Å²) in [7, 11) is 0. The second-order valence-electron chi connectivity index (χ2n) is 15.4. The van der Waals surface area contributed by atoms with Crippen molar-refractivity contribution in [2.24, 2.45) is 58.0 Å². The zero-order valence-electron chi connectivity index (χ0n) is 27.1. The fraction of sp³-hybridized carbons (Fsp3) is 0.757. The summed E-state index contributed by atoms with van der Waals surface area (Å²) < 4.78 is 6.25. The molecule has 1 aromatic carbocycles. The van der Waals surface area contributed by atoms with Gasteiger partial charge in [-0.15, -0.1) is 0 Å². The first-order valence-corrected chi connectivity index (χ1v) is 17.1. The van der Waals surface area contributed by atoms with Gasteiger partial charge in [-0.2, -0.15) is 0 Å².